The van der Waals surface area contributed by atoms with Crippen LogP contribution in [0.5, 0.6) is 5.88 Å². The number of carbonyl (C=O) groups excluding carboxylic acids is 4. The topological polar surface area (TPSA) is 182 Å². The fourth-order valence-electron chi connectivity index (χ4n) is 11.7. The Kier molecular flexibility index (Phi) is 10.5. The number of methoxy groups -OCH3 is 1. The van der Waals surface area contributed by atoms with Gasteiger partial charge in [-0.1, -0.05) is 13.8 Å². The fourth-order valence-corrected chi connectivity index (χ4v) is 11.7. The molecule has 6 aliphatic rings. The predicted octanol–water partition coefficient (Wildman–Crippen LogP) is 5.31. The zero-order chi connectivity index (χ0) is 50.2. The second kappa shape index (κ2) is 17.6. The van der Waals surface area contributed by atoms with Crippen molar-refractivity contribution in [1.29, 1.82) is 0 Å². The Morgan fingerprint density at radius 2 is 1.70 bits per heavy atom. The predicted molar refractivity (Wildman–Crippen MR) is 261 cm³/mol. The molecule has 0 unspecified atom stereocenters. The maximum atomic E-state index is 14.0. The molecule has 1 aromatic carbocycles. The minimum Gasteiger partial charge on any atom is -0.480 e. The van der Waals surface area contributed by atoms with Gasteiger partial charge >= 0.3 is 0 Å². The molecule has 4 aromatic heterocycles. The van der Waals surface area contributed by atoms with Crippen molar-refractivity contribution in [2.24, 2.45) is 5.41 Å². The highest BCUT2D eigenvalue weighted by Gasteiger charge is 2.41. The van der Waals surface area contributed by atoms with Crippen LogP contribution in [0.15, 0.2) is 67.1 Å². The molecule has 5 aliphatic heterocycles. The maximum Gasteiger partial charge on any atom is 0.276 e. The molecule has 2 atom stereocenters. The first kappa shape index (κ1) is 41.2. The monoisotopic (exact) mass is 936 g/mol. The number of ether oxygens (including phenoxy) is 1. The van der Waals surface area contributed by atoms with Crippen molar-refractivity contribution in [1.82, 2.24) is 34.6 Å². The summed E-state index contributed by atoms with van der Waals surface area (Å²) in [7, 11) is -2.78. The van der Waals surface area contributed by atoms with Gasteiger partial charge in [0.05, 0.1) is 29.6 Å². The number of fused-ring (bicyclic) bond motifs is 4. The smallest absolute Gasteiger partial charge is 0.276 e. The summed E-state index contributed by atoms with van der Waals surface area (Å²) in [5.41, 5.74) is 8.61. The first-order valence-corrected chi connectivity index (χ1v) is 24.1. The number of anilines is 5. The molecule has 69 heavy (non-hydrogen) atoms. The number of aromatic nitrogens is 4. The van der Waals surface area contributed by atoms with E-state index in [2.05, 4.69) is 66.7 Å². The molecule has 3 N–H and O–H groups in total. The molecule has 0 saturated carbocycles. The number of aliphatic hydroxyl groups is 1. The van der Waals surface area contributed by atoms with Crippen LogP contribution in [0.25, 0.3) is 11.1 Å². The van der Waals surface area contributed by atoms with Crippen molar-refractivity contribution in [2.75, 3.05) is 66.3 Å². The molecule has 5 aromatic rings. The molecule has 1 aliphatic carbocycles. The SMILES string of the molecule is [2H]C([2H])([2H])Oc1ncc(-c2ccnc(N3CCn4c(cc5c4CC(C)(C)C5)C3=O)c2CO)cc1Nc1ccc(N2CCN(C3CCN(c4ccc5c(c4)CN([C@H]4CCC(=O)NC4=O)C5=O)CC3)C[C@@H]2C)cn1. The molecule has 3 saturated heterocycles. The number of pyridine rings is 3. The number of aliphatic hydroxyl groups excluding tert-OH is 1. The van der Waals surface area contributed by atoms with Crippen molar-refractivity contribution >= 4 is 52.3 Å². The highest BCUT2D eigenvalue weighted by molar-refractivity contribution is 6.07. The summed E-state index contributed by atoms with van der Waals surface area (Å²) in [6.45, 7) is 12.1. The first-order chi connectivity index (χ1) is 34.5. The Morgan fingerprint density at radius 3 is 2.46 bits per heavy atom. The molecule has 0 spiro atoms. The summed E-state index contributed by atoms with van der Waals surface area (Å²) in [5.74, 6) is -0.377. The number of nitrogens with one attached hydrogen (secondary N) is 2. The lowest BCUT2D eigenvalue weighted by Gasteiger charge is -2.46. The Morgan fingerprint density at radius 1 is 0.855 bits per heavy atom. The van der Waals surface area contributed by atoms with Gasteiger partial charge in [0, 0.05) is 111 Å². The second-order valence-corrected chi connectivity index (χ2v) is 20.1. The molecular weight excluding hydrogens is 875 g/mol. The molecule has 9 heterocycles. The van der Waals surface area contributed by atoms with E-state index in [1.54, 1.807) is 28.1 Å². The van der Waals surface area contributed by atoms with Crippen LogP contribution in [-0.2, 0) is 42.1 Å². The van der Waals surface area contributed by atoms with Gasteiger partial charge in [-0.2, -0.15) is 0 Å². The van der Waals surface area contributed by atoms with Gasteiger partial charge in [0.2, 0.25) is 17.7 Å². The Balaban J connectivity index is 0.735. The van der Waals surface area contributed by atoms with Gasteiger partial charge < -0.3 is 34.4 Å². The number of piperidine rings is 2. The largest absolute Gasteiger partial charge is 0.480 e. The molecular formula is C52H59N11O6. The average Bonchev–Trinajstić information content (AvgIpc) is 3.98. The molecule has 0 radical (unpaired) electrons. The molecule has 17 heteroatoms. The van der Waals surface area contributed by atoms with Crippen molar-refractivity contribution in [3.63, 3.8) is 0 Å². The van der Waals surface area contributed by atoms with Gasteiger partial charge in [0.15, 0.2) is 0 Å². The highest BCUT2D eigenvalue weighted by Crippen LogP contribution is 2.41. The normalized spacial score (nSPS) is 22.5. The van der Waals surface area contributed by atoms with E-state index in [1.807, 2.05) is 36.5 Å². The highest BCUT2D eigenvalue weighted by atomic mass is 16.5. The number of piperazine rings is 1. The van der Waals surface area contributed by atoms with E-state index in [-0.39, 0.29) is 47.2 Å². The Bertz CT molecular complexity index is 2990. The Hall–Kier alpha value is -6.85. The molecule has 4 amide bonds. The summed E-state index contributed by atoms with van der Waals surface area (Å²) in [6.07, 6.45) is 9.31. The van der Waals surface area contributed by atoms with Crippen molar-refractivity contribution < 1.29 is 33.1 Å². The van der Waals surface area contributed by atoms with Gasteiger partial charge in [0.25, 0.3) is 11.8 Å². The zero-order valence-electron chi connectivity index (χ0n) is 42.2. The summed E-state index contributed by atoms with van der Waals surface area (Å²) in [6, 6.07) is 15.3. The number of nitrogens with zero attached hydrogens (tertiary/aromatic N) is 9. The van der Waals surface area contributed by atoms with Crippen molar-refractivity contribution in [2.45, 2.75) is 97.1 Å². The minimum absolute atomic E-state index is 0.148. The molecule has 11 rings (SSSR count). The summed E-state index contributed by atoms with van der Waals surface area (Å²) in [4.78, 5) is 75.9. The number of carbonyl (C=O) groups is 4. The van der Waals surface area contributed by atoms with E-state index in [1.165, 1.54) is 17.5 Å². The van der Waals surface area contributed by atoms with Crippen molar-refractivity contribution in [3.05, 3.63) is 101 Å². The molecule has 0 bridgehead atoms. The van der Waals surface area contributed by atoms with Crippen LogP contribution in [-0.4, -0.2) is 122 Å². The van der Waals surface area contributed by atoms with Crippen LogP contribution >= 0.6 is 0 Å². The summed E-state index contributed by atoms with van der Waals surface area (Å²) >= 11 is 0. The standard InChI is InChI=1S/C52H59N11O6/c1-31-28-59(35-12-15-58(16-13-35)36-5-7-39-34(21-36)29-63(50(39)67)42-8-10-46(65)57-48(42)66)17-18-60(31)37-6-9-45(54-27-37)56-41-22-33(26-55-49(41)69-4)38-11-14-53-47(40(38)30-64)62-20-19-61-43(51(62)68)23-32-24-52(2,3)25-44(32)61/h5-7,9,11,14,21-23,26-27,31,35,42,64H,8,10,12-13,15-20,24-25,28-30H2,1-4H3,(H,54,56)(H,57,65,66)/t31-,42-/m0/s1/i4D3. The number of benzene rings is 1. The minimum atomic E-state index is -2.78. The lowest BCUT2D eigenvalue weighted by Crippen LogP contribution is -2.57. The number of hydrogen-bond acceptors (Lipinski definition) is 13. The van der Waals surface area contributed by atoms with E-state index in [4.69, 9.17) is 13.8 Å². The van der Waals surface area contributed by atoms with Crippen LogP contribution in [0.2, 0.25) is 0 Å². The lowest BCUT2D eigenvalue weighted by atomic mass is 9.90. The van der Waals surface area contributed by atoms with Gasteiger partial charge in [-0.25, -0.2) is 15.0 Å². The van der Waals surface area contributed by atoms with Crippen molar-refractivity contribution in [3.8, 4) is 17.0 Å². The van der Waals surface area contributed by atoms with Crippen LogP contribution in [0.3, 0.4) is 0 Å². The summed E-state index contributed by atoms with van der Waals surface area (Å²) < 4.78 is 31.1. The number of imide groups is 1. The van der Waals surface area contributed by atoms with Gasteiger partial charge in [-0.3, -0.25) is 34.3 Å². The zero-order valence-corrected chi connectivity index (χ0v) is 39.2. The van der Waals surface area contributed by atoms with Gasteiger partial charge in [-0.05, 0) is 110 Å². The number of rotatable bonds is 10. The van der Waals surface area contributed by atoms with E-state index < -0.39 is 25.6 Å². The van der Waals surface area contributed by atoms with Gasteiger partial charge in [-0.15, -0.1) is 0 Å². The van der Waals surface area contributed by atoms with Crippen LogP contribution in [0.1, 0.15) is 93.8 Å². The molecule has 3 fully saturated rings. The van der Waals surface area contributed by atoms with E-state index in [0.29, 0.717) is 71.7 Å². The van der Waals surface area contributed by atoms with E-state index in [9.17, 15) is 24.3 Å². The number of hydrogen-bond donors (Lipinski definition) is 3. The molecule has 17 nitrogen and oxygen atoms in total. The molecule has 358 valence electrons. The van der Waals surface area contributed by atoms with Crippen LogP contribution in [0, 0.1) is 5.41 Å². The van der Waals surface area contributed by atoms with Crippen LogP contribution < -0.4 is 30.1 Å². The average molecular weight is 937 g/mol. The van der Waals surface area contributed by atoms with E-state index >= 15 is 0 Å². The van der Waals surface area contributed by atoms with Gasteiger partial charge in [0.1, 0.15) is 29.1 Å². The third kappa shape index (κ3) is 8.14. The second-order valence-electron chi connectivity index (χ2n) is 20.1. The Labute approximate surface area is 405 Å². The fraction of sp³-hybridized carbons (Fsp3) is 0.442. The number of amides is 4. The third-order valence-electron chi connectivity index (χ3n) is 15.2. The first-order valence-electron chi connectivity index (χ1n) is 25.6. The third-order valence-corrected chi connectivity index (χ3v) is 15.2. The summed E-state index contributed by atoms with van der Waals surface area (Å²) in [5, 5.41) is 16.4. The lowest BCUT2D eigenvalue weighted by molar-refractivity contribution is -0.136. The van der Waals surface area contributed by atoms with E-state index in [0.717, 1.165) is 75.3 Å². The van der Waals surface area contributed by atoms with Crippen LogP contribution in [0.4, 0.5) is 28.7 Å². The maximum absolute atomic E-state index is 14.0. The quantitative estimate of drug-likeness (QED) is 0.154.